The molecule has 2 atom stereocenters. The molecule has 1 aliphatic heterocycles. The van der Waals surface area contributed by atoms with E-state index in [1.807, 2.05) is 0 Å². The predicted octanol–water partition coefficient (Wildman–Crippen LogP) is 3.90. The van der Waals surface area contributed by atoms with Crippen LogP contribution in [0.4, 0.5) is 0 Å². The Labute approximate surface area is 130 Å². The number of benzene rings is 1. The summed E-state index contributed by atoms with van der Waals surface area (Å²) >= 11 is 0. The Kier molecular flexibility index (Phi) is 5.83. The molecule has 21 heavy (non-hydrogen) atoms. The van der Waals surface area contributed by atoms with E-state index in [0.29, 0.717) is 18.0 Å². The van der Waals surface area contributed by atoms with E-state index in [-0.39, 0.29) is 0 Å². The van der Waals surface area contributed by atoms with Gasteiger partial charge in [0.05, 0.1) is 0 Å². The molecular weight excluding hydrogens is 256 g/mol. The molecule has 2 heteroatoms. The fourth-order valence-electron chi connectivity index (χ4n) is 3.28. The van der Waals surface area contributed by atoms with Crippen LogP contribution in [-0.4, -0.2) is 30.1 Å². The Morgan fingerprint density at radius 3 is 2.62 bits per heavy atom. The lowest BCUT2D eigenvalue weighted by Gasteiger charge is -2.42. The number of piperazine rings is 1. The second kappa shape index (κ2) is 7.42. The highest BCUT2D eigenvalue weighted by molar-refractivity contribution is 5.30. The monoisotopic (exact) mass is 288 g/mol. The fourth-order valence-corrected chi connectivity index (χ4v) is 3.28. The first-order valence-corrected chi connectivity index (χ1v) is 8.54. The van der Waals surface area contributed by atoms with Gasteiger partial charge >= 0.3 is 0 Å². The largest absolute Gasteiger partial charge is 0.311 e. The molecule has 0 spiro atoms. The van der Waals surface area contributed by atoms with Crippen LogP contribution in [0.25, 0.3) is 0 Å². The second-order valence-corrected chi connectivity index (χ2v) is 7.05. The van der Waals surface area contributed by atoms with Crippen molar-refractivity contribution in [1.82, 2.24) is 10.2 Å². The summed E-state index contributed by atoms with van der Waals surface area (Å²) in [4.78, 5) is 2.70. The first kappa shape index (κ1) is 16.5. The maximum Gasteiger partial charge on any atom is 0.0237 e. The summed E-state index contributed by atoms with van der Waals surface area (Å²) < 4.78 is 0. The molecule has 0 aromatic heterocycles. The van der Waals surface area contributed by atoms with Crippen LogP contribution >= 0.6 is 0 Å². The standard InChI is InChI=1S/C19H32N2/c1-6-7-18-11-20-19(14(2)3)13-21(18)12-17-9-8-15(4)16(5)10-17/h8-10,14,18-20H,6-7,11-13H2,1-5H3. The average molecular weight is 288 g/mol. The van der Waals surface area contributed by atoms with Gasteiger partial charge in [-0.3, -0.25) is 4.90 Å². The molecule has 2 nitrogen and oxygen atoms in total. The van der Waals surface area contributed by atoms with Crippen LogP contribution in [0.15, 0.2) is 18.2 Å². The lowest BCUT2D eigenvalue weighted by atomic mass is 9.96. The zero-order valence-corrected chi connectivity index (χ0v) is 14.4. The molecular formula is C19H32N2. The third-order valence-corrected chi connectivity index (χ3v) is 4.95. The highest BCUT2D eigenvalue weighted by Crippen LogP contribution is 2.20. The average Bonchev–Trinajstić information content (AvgIpc) is 2.45. The summed E-state index contributed by atoms with van der Waals surface area (Å²) in [6, 6.07) is 8.25. The van der Waals surface area contributed by atoms with Gasteiger partial charge in [-0.15, -0.1) is 0 Å². The molecule has 1 fully saturated rings. The molecule has 1 aromatic rings. The molecule has 0 amide bonds. The van der Waals surface area contributed by atoms with Crippen molar-refractivity contribution < 1.29 is 0 Å². The smallest absolute Gasteiger partial charge is 0.0237 e. The van der Waals surface area contributed by atoms with E-state index >= 15 is 0 Å². The SMILES string of the molecule is CCCC1CNC(C(C)C)CN1Cc1ccc(C)c(C)c1. The maximum atomic E-state index is 3.75. The quantitative estimate of drug-likeness (QED) is 0.884. The van der Waals surface area contributed by atoms with Gasteiger partial charge in [-0.25, -0.2) is 0 Å². The van der Waals surface area contributed by atoms with Gasteiger partial charge in [0.2, 0.25) is 0 Å². The van der Waals surface area contributed by atoms with Crippen molar-refractivity contribution in [2.45, 2.75) is 66.1 Å². The molecule has 2 rings (SSSR count). The summed E-state index contributed by atoms with van der Waals surface area (Å²) in [7, 11) is 0. The Bertz CT molecular complexity index is 453. The number of nitrogens with zero attached hydrogens (tertiary/aromatic N) is 1. The van der Waals surface area contributed by atoms with Gasteiger partial charge in [0, 0.05) is 31.7 Å². The van der Waals surface area contributed by atoms with E-state index in [0.717, 1.165) is 13.1 Å². The Hall–Kier alpha value is -0.860. The van der Waals surface area contributed by atoms with E-state index in [2.05, 4.69) is 63.0 Å². The van der Waals surface area contributed by atoms with Crippen molar-refractivity contribution in [3.05, 3.63) is 34.9 Å². The van der Waals surface area contributed by atoms with E-state index in [1.165, 1.54) is 36.1 Å². The summed E-state index contributed by atoms with van der Waals surface area (Å²) in [5.74, 6) is 0.704. The van der Waals surface area contributed by atoms with Crippen molar-refractivity contribution in [1.29, 1.82) is 0 Å². The molecule has 2 unspecified atom stereocenters. The van der Waals surface area contributed by atoms with Gasteiger partial charge in [-0.2, -0.15) is 0 Å². The van der Waals surface area contributed by atoms with Gasteiger partial charge < -0.3 is 5.32 Å². The fraction of sp³-hybridized carbons (Fsp3) is 0.684. The highest BCUT2D eigenvalue weighted by Gasteiger charge is 2.28. The molecule has 0 bridgehead atoms. The second-order valence-electron chi connectivity index (χ2n) is 7.05. The van der Waals surface area contributed by atoms with Crippen molar-refractivity contribution in [2.24, 2.45) is 5.92 Å². The number of hydrogen-bond acceptors (Lipinski definition) is 2. The molecule has 1 saturated heterocycles. The molecule has 0 aliphatic carbocycles. The van der Waals surface area contributed by atoms with Gasteiger partial charge in [0.25, 0.3) is 0 Å². The summed E-state index contributed by atoms with van der Waals surface area (Å²) in [6.45, 7) is 14.8. The first-order chi connectivity index (χ1) is 10.0. The highest BCUT2D eigenvalue weighted by atomic mass is 15.2. The van der Waals surface area contributed by atoms with Crippen LogP contribution in [0, 0.1) is 19.8 Å². The predicted molar refractivity (Wildman–Crippen MR) is 91.7 cm³/mol. The van der Waals surface area contributed by atoms with Crippen LogP contribution in [0.5, 0.6) is 0 Å². The van der Waals surface area contributed by atoms with Crippen LogP contribution in [-0.2, 0) is 6.54 Å². The van der Waals surface area contributed by atoms with Crippen LogP contribution in [0.2, 0.25) is 0 Å². The zero-order chi connectivity index (χ0) is 15.4. The van der Waals surface area contributed by atoms with Gasteiger partial charge in [-0.1, -0.05) is 45.4 Å². The number of aryl methyl sites for hydroxylation is 2. The third kappa shape index (κ3) is 4.31. The third-order valence-electron chi connectivity index (χ3n) is 4.95. The molecule has 1 aliphatic rings. The van der Waals surface area contributed by atoms with Crippen molar-refractivity contribution in [3.8, 4) is 0 Å². The molecule has 118 valence electrons. The summed E-state index contributed by atoms with van der Waals surface area (Å²) in [6.07, 6.45) is 2.56. The minimum absolute atomic E-state index is 0.629. The Morgan fingerprint density at radius 1 is 1.24 bits per heavy atom. The van der Waals surface area contributed by atoms with Crippen LogP contribution in [0.1, 0.15) is 50.3 Å². The Balaban J connectivity index is 2.09. The molecule has 1 aromatic carbocycles. The number of nitrogens with one attached hydrogen (secondary N) is 1. The van der Waals surface area contributed by atoms with Crippen LogP contribution < -0.4 is 5.32 Å². The van der Waals surface area contributed by atoms with E-state index < -0.39 is 0 Å². The molecule has 1 heterocycles. The minimum atomic E-state index is 0.629. The zero-order valence-electron chi connectivity index (χ0n) is 14.4. The summed E-state index contributed by atoms with van der Waals surface area (Å²) in [5, 5.41) is 3.75. The number of rotatable bonds is 5. The van der Waals surface area contributed by atoms with Gasteiger partial charge in [0.15, 0.2) is 0 Å². The lowest BCUT2D eigenvalue weighted by Crippen LogP contribution is -2.57. The molecule has 0 saturated carbocycles. The van der Waals surface area contributed by atoms with Gasteiger partial charge in [0.1, 0.15) is 0 Å². The normalized spacial score (nSPS) is 23.7. The molecule has 0 radical (unpaired) electrons. The van der Waals surface area contributed by atoms with Crippen LogP contribution in [0.3, 0.4) is 0 Å². The van der Waals surface area contributed by atoms with Crippen molar-refractivity contribution >= 4 is 0 Å². The minimum Gasteiger partial charge on any atom is -0.311 e. The van der Waals surface area contributed by atoms with E-state index in [4.69, 9.17) is 0 Å². The first-order valence-electron chi connectivity index (χ1n) is 8.54. The Morgan fingerprint density at radius 2 is 2.00 bits per heavy atom. The van der Waals surface area contributed by atoms with Crippen molar-refractivity contribution in [3.63, 3.8) is 0 Å². The van der Waals surface area contributed by atoms with E-state index in [1.54, 1.807) is 0 Å². The maximum absolute atomic E-state index is 3.75. The topological polar surface area (TPSA) is 15.3 Å². The van der Waals surface area contributed by atoms with Gasteiger partial charge in [-0.05, 0) is 42.9 Å². The summed E-state index contributed by atoms with van der Waals surface area (Å²) in [5.41, 5.74) is 4.27. The van der Waals surface area contributed by atoms with Crippen molar-refractivity contribution in [2.75, 3.05) is 13.1 Å². The molecule has 1 N–H and O–H groups in total. The lowest BCUT2D eigenvalue weighted by molar-refractivity contribution is 0.0997. The number of hydrogen-bond donors (Lipinski definition) is 1. The van der Waals surface area contributed by atoms with E-state index in [9.17, 15) is 0 Å².